The van der Waals surface area contributed by atoms with E-state index in [9.17, 15) is 4.79 Å². The highest BCUT2D eigenvalue weighted by molar-refractivity contribution is 5.74. The SMILES string of the molecule is CCCOC1CCCN(C(=O)N2CCCC2)C1. The van der Waals surface area contributed by atoms with Crippen LogP contribution in [-0.2, 0) is 4.74 Å². The molecule has 0 spiro atoms. The van der Waals surface area contributed by atoms with Gasteiger partial charge in [-0.3, -0.25) is 0 Å². The second-order valence-electron chi connectivity index (χ2n) is 5.06. The zero-order valence-corrected chi connectivity index (χ0v) is 10.9. The minimum atomic E-state index is 0.229. The second-order valence-corrected chi connectivity index (χ2v) is 5.06. The van der Waals surface area contributed by atoms with Crippen molar-refractivity contribution >= 4 is 6.03 Å². The van der Waals surface area contributed by atoms with Crippen molar-refractivity contribution in [2.24, 2.45) is 0 Å². The van der Waals surface area contributed by atoms with Gasteiger partial charge in [-0.25, -0.2) is 4.79 Å². The van der Waals surface area contributed by atoms with Gasteiger partial charge in [0.2, 0.25) is 0 Å². The highest BCUT2D eigenvalue weighted by Gasteiger charge is 2.28. The van der Waals surface area contributed by atoms with Gasteiger partial charge in [0.15, 0.2) is 0 Å². The summed E-state index contributed by atoms with van der Waals surface area (Å²) in [4.78, 5) is 16.2. The summed E-state index contributed by atoms with van der Waals surface area (Å²) in [5.41, 5.74) is 0. The zero-order chi connectivity index (χ0) is 12.1. The van der Waals surface area contributed by atoms with E-state index in [1.165, 1.54) is 0 Å². The third kappa shape index (κ3) is 3.35. The normalized spacial score (nSPS) is 25.4. The third-order valence-electron chi connectivity index (χ3n) is 3.58. The lowest BCUT2D eigenvalue weighted by atomic mass is 10.1. The fourth-order valence-corrected chi connectivity index (χ4v) is 2.64. The molecule has 0 N–H and O–H groups in total. The molecular formula is C13H24N2O2. The maximum atomic E-state index is 12.2. The summed E-state index contributed by atoms with van der Waals surface area (Å²) in [6, 6.07) is 0.229. The maximum absolute atomic E-state index is 12.2. The first-order valence-corrected chi connectivity index (χ1v) is 6.96. The lowest BCUT2D eigenvalue weighted by Crippen LogP contribution is -2.48. The van der Waals surface area contributed by atoms with E-state index < -0.39 is 0 Å². The number of rotatable bonds is 3. The van der Waals surface area contributed by atoms with Crippen molar-refractivity contribution in [2.75, 3.05) is 32.8 Å². The Morgan fingerprint density at radius 2 is 1.88 bits per heavy atom. The zero-order valence-electron chi connectivity index (χ0n) is 10.9. The van der Waals surface area contributed by atoms with Gasteiger partial charge in [0.25, 0.3) is 0 Å². The summed E-state index contributed by atoms with van der Waals surface area (Å²) in [7, 11) is 0. The molecule has 0 radical (unpaired) electrons. The van der Waals surface area contributed by atoms with E-state index in [0.717, 1.165) is 64.9 Å². The van der Waals surface area contributed by atoms with Crippen molar-refractivity contribution in [1.29, 1.82) is 0 Å². The molecule has 98 valence electrons. The number of carbonyl (C=O) groups is 1. The van der Waals surface area contributed by atoms with Crippen LogP contribution in [0.5, 0.6) is 0 Å². The maximum Gasteiger partial charge on any atom is 0.320 e. The Kier molecular flexibility index (Phi) is 4.66. The van der Waals surface area contributed by atoms with Gasteiger partial charge < -0.3 is 14.5 Å². The Morgan fingerprint density at radius 1 is 1.18 bits per heavy atom. The second kappa shape index (κ2) is 6.24. The van der Waals surface area contributed by atoms with E-state index in [1.54, 1.807) is 0 Å². The van der Waals surface area contributed by atoms with E-state index in [2.05, 4.69) is 6.92 Å². The van der Waals surface area contributed by atoms with Crippen LogP contribution in [0.3, 0.4) is 0 Å². The summed E-state index contributed by atoms with van der Waals surface area (Å²) < 4.78 is 5.76. The molecule has 0 saturated carbocycles. The number of ether oxygens (including phenoxy) is 1. The Bertz CT molecular complexity index is 252. The number of amides is 2. The first kappa shape index (κ1) is 12.7. The van der Waals surface area contributed by atoms with E-state index in [4.69, 9.17) is 4.74 Å². The Hall–Kier alpha value is -0.770. The number of urea groups is 1. The molecule has 17 heavy (non-hydrogen) atoms. The van der Waals surface area contributed by atoms with Crippen LogP contribution in [0.1, 0.15) is 39.0 Å². The van der Waals surface area contributed by atoms with Gasteiger partial charge in [-0.05, 0) is 32.1 Å². The van der Waals surface area contributed by atoms with Crippen LogP contribution in [0.2, 0.25) is 0 Å². The van der Waals surface area contributed by atoms with Crippen molar-refractivity contribution in [3.63, 3.8) is 0 Å². The molecule has 2 fully saturated rings. The van der Waals surface area contributed by atoms with Crippen molar-refractivity contribution in [3.05, 3.63) is 0 Å². The van der Waals surface area contributed by atoms with Crippen LogP contribution < -0.4 is 0 Å². The topological polar surface area (TPSA) is 32.8 Å². The molecule has 4 nitrogen and oxygen atoms in total. The molecule has 0 aliphatic carbocycles. The Labute approximate surface area is 104 Å². The van der Waals surface area contributed by atoms with Gasteiger partial charge >= 0.3 is 6.03 Å². The lowest BCUT2D eigenvalue weighted by Gasteiger charge is -2.35. The highest BCUT2D eigenvalue weighted by Crippen LogP contribution is 2.17. The lowest BCUT2D eigenvalue weighted by molar-refractivity contribution is 0.00645. The summed E-state index contributed by atoms with van der Waals surface area (Å²) in [5, 5.41) is 0. The summed E-state index contributed by atoms with van der Waals surface area (Å²) >= 11 is 0. The molecule has 1 unspecified atom stereocenters. The largest absolute Gasteiger partial charge is 0.376 e. The molecule has 2 aliphatic heterocycles. The minimum absolute atomic E-state index is 0.229. The van der Waals surface area contributed by atoms with Crippen LogP contribution >= 0.6 is 0 Å². The van der Waals surface area contributed by atoms with Crippen LogP contribution in [0.25, 0.3) is 0 Å². The average molecular weight is 240 g/mol. The van der Waals surface area contributed by atoms with E-state index in [1.807, 2.05) is 9.80 Å². The molecule has 0 aromatic rings. The fraction of sp³-hybridized carbons (Fsp3) is 0.923. The van der Waals surface area contributed by atoms with Crippen LogP contribution in [-0.4, -0.2) is 54.7 Å². The molecule has 2 aliphatic rings. The molecule has 0 bridgehead atoms. The first-order valence-electron chi connectivity index (χ1n) is 6.96. The van der Waals surface area contributed by atoms with Gasteiger partial charge in [-0.2, -0.15) is 0 Å². The number of hydrogen-bond acceptors (Lipinski definition) is 2. The number of nitrogens with zero attached hydrogens (tertiary/aromatic N) is 2. The van der Waals surface area contributed by atoms with Crippen LogP contribution in [0.15, 0.2) is 0 Å². The van der Waals surface area contributed by atoms with Gasteiger partial charge in [0.1, 0.15) is 0 Å². The quantitative estimate of drug-likeness (QED) is 0.756. The van der Waals surface area contributed by atoms with Crippen molar-refractivity contribution in [1.82, 2.24) is 9.80 Å². The standard InChI is InChI=1S/C13H24N2O2/c1-2-10-17-12-6-5-9-15(11-12)13(16)14-7-3-4-8-14/h12H,2-11H2,1H3. The Balaban J connectivity index is 1.81. The number of hydrogen-bond donors (Lipinski definition) is 0. The molecule has 0 aromatic heterocycles. The molecule has 4 heteroatoms. The van der Waals surface area contributed by atoms with Crippen LogP contribution in [0.4, 0.5) is 4.79 Å². The third-order valence-corrected chi connectivity index (χ3v) is 3.58. The molecule has 2 amide bonds. The molecule has 2 heterocycles. The molecule has 2 rings (SSSR count). The highest BCUT2D eigenvalue weighted by atomic mass is 16.5. The molecule has 1 atom stereocenters. The van der Waals surface area contributed by atoms with E-state index in [-0.39, 0.29) is 12.1 Å². The van der Waals surface area contributed by atoms with Crippen molar-refractivity contribution < 1.29 is 9.53 Å². The van der Waals surface area contributed by atoms with Crippen LogP contribution in [0, 0.1) is 0 Å². The predicted octanol–water partition coefficient (Wildman–Crippen LogP) is 2.09. The van der Waals surface area contributed by atoms with Gasteiger partial charge in [0.05, 0.1) is 6.10 Å². The summed E-state index contributed by atoms with van der Waals surface area (Å²) in [6.07, 6.45) is 5.81. The predicted molar refractivity (Wildman–Crippen MR) is 67.0 cm³/mol. The molecule has 2 saturated heterocycles. The van der Waals surface area contributed by atoms with Gasteiger partial charge in [0, 0.05) is 32.8 Å². The Morgan fingerprint density at radius 3 is 2.59 bits per heavy atom. The van der Waals surface area contributed by atoms with Crippen molar-refractivity contribution in [3.8, 4) is 0 Å². The first-order chi connectivity index (χ1) is 8.31. The molecule has 0 aromatic carbocycles. The van der Waals surface area contributed by atoms with Crippen molar-refractivity contribution in [2.45, 2.75) is 45.1 Å². The van der Waals surface area contributed by atoms with Gasteiger partial charge in [-0.1, -0.05) is 6.92 Å². The minimum Gasteiger partial charge on any atom is -0.376 e. The summed E-state index contributed by atoms with van der Waals surface area (Å²) in [6.45, 7) is 6.51. The smallest absolute Gasteiger partial charge is 0.320 e. The average Bonchev–Trinajstić information content (AvgIpc) is 2.89. The van der Waals surface area contributed by atoms with Gasteiger partial charge in [-0.15, -0.1) is 0 Å². The fourth-order valence-electron chi connectivity index (χ4n) is 2.64. The van der Waals surface area contributed by atoms with E-state index >= 15 is 0 Å². The number of likely N-dealkylation sites (tertiary alicyclic amines) is 2. The summed E-state index contributed by atoms with van der Waals surface area (Å²) in [5.74, 6) is 0. The number of carbonyl (C=O) groups excluding carboxylic acids is 1. The van der Waals surface area contributed by atoms with E-state index in [0.29, 0.717) is 0 Å². The number of piperidine rings is 1. The monoisotopic (exact) mass is 240 g/mol. The molecular weight excluding hydrogens is 216 g/mol.